The lowest BCUT2D eigenvalue weighted by atomic mass is 9.96. The van der Waals surface area contributed by atoms with E-state index in [4.69, 9.17) is 10.5 Å². The van der Waals surface area contributed by atoms with Gasteiger partial charge in [-0.25, -0.2) is 4.98 Å². The van der Waals surface area contributed by atoms with E-state index in [1.54, 1.807) is 12.4 Å². The van der Waals surface area contributed by atoms with Crippen molar-refractivity contribution in [2.24, 2.45) is 0 Å². The minimum atomic E-state index is -0.188. The van der Waals surface area contributed by atoms with Crippen LogP contribution in [-0.4, -0.2) is 21.6 Å². The number of nitrogens with one attached hydrogen (secondary N) is 1. The quantitative estimate of drug-likeness (QED) is 0.883. The fourth-order valence-corrected chi connectivity index (χ4v) is 1.85. The molecule has 0 saturated carbocycles. The Hall–Kier alpha value is -2.37. The first kappa shape index (κ1) is 16.0. The van der Waals surface area contributed by atoms with Crippen molar-refractivity contribution >= 4 is 11.5 Å². The summed E-state index contributed by atoms with van der Waals surface area (Å²) in [5, 5.41) is 3.26. The van der Waals surface area contributed by atoms with Crippen LogP contribution in [0.2, 0.25) is 0 Å². The van der Waals surface area contributed by atoms with E-state index in [9.17, 15) is 0 Å². The fraction of sp³-hybridized carbons (Fsp3) is 0.438. The molecular weight excluding hydrogens is 278 g/mol. The molecule has 0 bridgehead atoms. The number of hydrogen-bond donors (Lipinski definition) is 2. The first-order valence-corrected chi connectivity index (χ1v) is 7.35. The summed E-state index contributed by atoms with van der Waals surface area (Å²) in [6, 6.07) is 3.89. The number of nitrogens with two attached hydrogens (primary N) is 1. The van der Waals surface area contributed by atoms with Gasteiger partial charge in [-0.3, -0.25) is 4.98 Å². The third-order valence-electron chi connectivity index (χ3n) is 3.07. The predicted octanol–water partition coefficient (Wildman–Crippen LogP) is 2.76. The van der Waals surface area contributed by atoms with Crippen LogP contribution in [0.4, 0.5) is 11.5 Å². The Morgan fingerprint density at radius 3 is 2.45 bits per heavy atom. The monoisotopic (exact) mass is 301 g/mol. The minimum absolute atomic E-state index is 0.188. The summed E-state index contributed by atoms with van der Waals surface area (Å²) in [4.78, 5) is 13.0. The van der Waals surface area contributed by atoms with E-state index in [2.05, 4.69) is 41.0 Å². The van der Waals surface area contributed by atoms with E-state index in [0.29, 0.717) is 36.4 Å². The number of aromatic nitrogens is 3. The molecule has 22 heavy (non-hydrogen) atoms. The largest absolute Gasteiger partial charge is 0.476 e. The predicted molar refractivity (Wildman–Crippen MR) is 87.9 cm³/mol. The van der Waals surface area contributed by atoms with Gasteiger partial charge in [-0.05, 0) is 24.6 Å². The number of hydrogen-bond acceptors (Lipinski definition) is 6. The Balaban J connectivity index is 2.30. The number of pyridine rings is 1. The van der Waals surface area contributed by atoms with Crippen molar-refractivity contribution in [2.45, 2.75) is 39.7 Å². The van der Waals surface area contributed by atoms with Crippen molar-refractivity contribution in [3.8, 4) is 5.88 Å². The fourth-order valence-electron chi connectivity index (χ4n) is 1.85. The SMILES string of the molecule is CCOc1nc(C(C)(C)C)nc(NCc2ccncc2)c1N. The molecule has 6 heteroatoms. The molecule has 6 nitrogen and oxygen atoms in total. The molecule has 2 aromatic rings. The number of nitrogen functional groups attached to an aromatic ring is 1. The molecule has 0 aliphatic rings. The zero-order chi connectivity index (χ0) is 16.2. The van der Waals surface area contributed by atoms with Crippen molar-refractivity contribution < 1.29 is 4.74 Å². The maximum atomic E-state index is 6.12. The van der Waals surface area contributed by atoms with Crippen LogP contribution in [0, 0.1) is 0 Å². The molecule has 118 valence electrons. The number of anilines is 2. The second-order valence-electron chi connectivity index (χ2n) is 6.01. The lowest BCUT2D eigenvalue weighted by molar-refractivity contribution is 0.324. The topological polar surface area (TPSA) is 86.0 Å². The van der Waals surface area contributed by atoms with Gasteiger partial charge in [-0.2, -0.15) is 4.98 Å². The second-order valence-corrected chi connectivity index (χ2v) is 6.01. The summed E-state index contributed by atoms with van der Waals surface area (Å²) in [5.74, 6) is 1.72. The van der Waals surface area contributed by atoms with Crippen LogP contribution in [0.5, 0.6) is 5.88 Å². The van der Waals surface area contributed by atoms with E-state index in [-0.39, 0.29) is 5.41 Å². The molecule has 2 heterocycles. The van der Waals surface area contributed by atoms with Crippen molar-refractivity contribution in [3.63, 3.8) is 0 Å². The smallest absolute Gasteiger partial charge is 0.242 e. The molecule has 0 saturated heterocycles. The molecule has 0 radical (unpaired) electrons. The van der Waals surface area contributed by atoms with E-state index >= 15 is 0 Å². The average Bonchev–Trinajstić information content (AvgIpc) is 2.48. The Morgan fingerprint density at radius 1 is 1.18 bits per heavy atom. The van der Waals surface area contributed by atoms with Crippen LogP contribution in [0.1, 0.15) is 39.1 Å². The maximum Gasteiger partial charge on any atom is 0.242 e. The molecule has 2 rings (SSSR count). The Labute approximate surface area is 131 Å². The van der Waals surface area contributed by atoms with Gasteiger partial charge in [0.25, 0.3) is 0 Å². The molecule has 0 aromatic carbocycles. The van der Waals surface area contributed by atoms with E-state index < -0.39 is 0 Å². The number of rotatable bonds is 5. The van der Waals surface area contributed by atoms with Crippen LogP contribution in [0.3, 0.4) is 0 Å². The van der Waals surface area contributed by atoms with Crippen molar-refractivity contribution in [1.29, 1.82) is 0 Å². The second kappa shape index (κ2) is 6.60. The molecule has 0 aliphatic heterocycles. The van der Waals surface area contributed by atoms with Gasteiger partial charge in [0.15, 0.2) is 5.82 Å². The molecular formula is C16H23N5O. The highest BCUT2D eigenvalue weighted by molar-refractivity contribution is 5.67. The van der Waals surface area contributed by atoms with Crippen LogP contribution in [0.15, 0.2) is 24.5 Å². The van der Waals surface area contributed by atoms with E-state index in [1.807, 2.05) is 19.1 Å². The van der Waals surface area contributed by atoms with Crippen LogP contribution >= 0.6 is 0 Å². The van der Waals surface area contributed by atoms with E-state index in [1.165, 1.54) is 0 Å². The normalized spacial score (nSPS) is 11.3. The lowest BCUT2D eigenvalue weighted by Crippen LogP contribution is -2.19. The highest BCUT2D eigenvalue weighted by atomic mass is 16.5. The summed E-state index contributed by atoms with van der Waals surface area (Å²) in [7, 11) is 0. The maximum absolute atomic E-state index is 6.12. The average molecular weight is 301 g/mol. The van der Waals surface area contributed by atoms with Gasteiger partial charge < -0.3 is 15.8 Å². The third-order valence-corrected chi connectivity index (χ3v) is 3.07. The van der Waals surface area contributed by atoms with Crippen molar-refractivity contribution in [1.82, 2.24) is 15.0 Å². The molecule has 3 N–H and O–H groups in total. The highest BCUT2D eigenvalue weighted by Gasteiger charge is 2.22. The molecule has 0 atom stereocenters. The molecule has 0 aliphatic carbocycles. The zero-order valence-corrected chi connectivity index (χ0v) is 13.6. The van der Waals surface area contributed by atoms with Gasteiger partial charge >= 0.3 is 0 Å². The highest BCUT2D eigenvalue weighted by Crippen LogP contribution is 2.30. The summed E-state index contributed by atoms with van der Waals surface area (Å²) in [5.41, 5.74) is 7.47. The minimum Gasteiger partial charge on any atom is -0.476 e. The molecule has 0 spiro atoms. The summed E-state index contributed by atoms with van der Waals surface area (Å²) in [6.45, 7) is 9.19. The molecule has 0 fully saturated rings. The van der Waals surface area contributed by atoms with Crippen LogP contribution < -0.4 is 15.8 Å². The molecule has 2 aromatic heterocycles. The van der Waals surface area contributed by atoms with Gasteiger partial charge in [-0.1, -0.05) is 20.8 Å². The molecule has 0 amide bonds. The summed E-state index contributed by atoms with van der Waals surface area (Å²) in [6.07, 6.45) is 3.51. The lowest BCUT2D eigenvalue weighted by Gasteiger charge is -2.20. The number of ether oxygens (including phenoxy) is 1. The van der Waals surface area contributed by atoms with Crippen molar-refractivity contribution in [3.05, 3.63) is 35.9 Å². The number of nitrogens with zero attached hydrogens (tertiary/aromatic N) is 3. The Kier molecular flexibility index (Phi) is 4.80. The van der Waals surface area contributed by atoms with Gasteiger partial charge in [0.05, 0.1) is 6.61 Å². The standard InChI is InChI=1S/C16H23N5O/c1-5-22-14-12(17)13(20-15(21-14)16(2,3)4)19-10-11-6-8-18-9-7-11/h6-9H,5,10,17H2,1-4H3,(H,19,20,21). The van der Waals surface area contributed by atoms with Gasteiger partial charge in [0, 0.05) is 24.4 Å². The van der Waals surface area contributed by atoms with Gasteiger partial charge in [-0.15, -0.1) is 0 Å². The van der Waals surface area contributed by atoms with Crippen LogP contribution in [0.25, 0.3) is 0 Å². The summed E-state index contributed by atoms with van der Waals surface area (Å²) < 4.78 is 5.54. The third kappa shape index (κ3) is 3.84. The zero-order valence-electron chi connectivity index (χ0n) is 13.6. The van der Waals surface area contributed by atoms with Crippen molar-refractivity contribution in [2.75, 3.05) is 17.7 Å². The van der Waals surface area contributed by atoms with Gasteiger partial charge in [0.2, 0.25) is 5.88 Å². The first-order valence-electron chi connectivity index (χ1n) is 7.35. The molecule has 0 unspecified atom stereocenters. The first-order chi connectivity index (χ1) is 10.4. The summed E-state index contributed by atoms with van der Waals surface area (Å²) >= 11 is 0. The Bertz CT molecular complexity index is 622. The Morgan fingerprint density at radius 2 is 1.86 bits per heavy atom. The van der Waals surface area contributed by atoms with E-state index in [0.717, 1.165) is 5.56 Å². The van der Waals surface area contributed by atoms with Gasteiger partial charge in [0.1, 0.15) is 11.5 Å². The van der Waals surface area contributed by atoms with Crippen LogP contribution in [-0.2, 0) is 12.0 Å².